The molecule has 0 spiro atoms. The third-order valence-electron chi connectivity index (χ3n) is 3.82. The highest BCUT2D eigenvalue weighted by Gasteiger charge is 2.25. The molecule has 0 radical (unpaired) electrons. The van der Waals surface area contributed by atoms with Crippen molar-refractivity contribution in [3.63, 3.8) is 0 Å². The minimum Gasteiger partial charge on any atom is -0.480 e. The van der Waals surface area contributed by atoms with Crippen molar-refractivity contribution >= 4 is 35.2 Å². The number of nitrogens with zero attached hydrogens (tertiary/aromatic N) is 2. The fourth-order valence-electron chi connectivity index (χ4n) is 2.63. The average molecular weight is 387 g/mol. The van der Waals surface area contributed by atoms with Crippen molar-refractivity contribution in [2.75, 3.05) is 45.6 Å². The number of halogens is 1. The van der Waals surface area contributed by atoms with E-state index in [0.717, 1.165) is 11.3 Å². The summed E-state index contributed by atoms with van der Waals surface area (Å²) in [4.78, 5) is 26.6. The van der Waals surface area contributed by atoms with Crippen LogP contribution in [0.3, 0.4) is 0 Å². The van der Waals surface area contributed by atoms with Gasteiger partial charge in [0.2, 0.25) is 5.91 Å². The summed E-state index contributed by atoms with van der Waals surface area (Å²) in [7, 11) is 1.74. The van der Waals surface area contributed by atoms with Crippen LogP contribution in [-0.2, 0) is 20.1 Å². The predicted molar refractivity (Wildman–Crippen MR) is 99.1 cm³/mol. The Labute approximate surface area is 157 Å². The molecule has 1 heterocycles. The molecule has 1 aliphatic heterocycles. The van der Waals surface area contributed by atoms with Crippen molar-refractivity contribution in [3.8, 4) is 0 Å². The van der Waals surface area contributed by atoms with Gasteiger partial charge in [-0.05, 0) is 24.7 Å². The second kappa shape index (κ2) is 10.0. The summed E-state index contributed by atoms with van der Waals surface area (Å²) in [6, 6.07) is 7.62. The number of rotatable bonds is 8. The second-order valence-electron chi connectivity index (χ2n) is 6.04. The van der Waals surface area contributed by atoms with Gasteiger partial charge in [-0.25, -0.2) is 0 Å². The van der Waals surface area contributed by atoms with Gasteiger partial charge in [-0.3, -0.25) is 14.5 Å². The van der Waals surface area contributed by atoms with E-state index in [0.29, 0.717) is 37.0 Å². The fraction of sp³-hybridized carbons (Fsp3) is 0.529. The minimum absolute atomic E-state index is 0.0370. The van der Waals surface area contributed by atoms with Crippen LogP contribution in [0.1, 0.15) is 5.56 Å². The average Bonchev–Trinajstić information content (AvgIpc) is 2.56. The quantitative estimate of drug-likeness (QED) is 0.734. The molecular weight excluding hydrogens is 364 g/mol. The van der Waals surface area contributed by atoms with Crippen molar-refractivity contribution in [3.05, 3.63) is 34.9 Å². The molecule has 0 aromatic heterocycles. The predicted octanol–water partition coefficient (Wildman–Crippen LogP) is 1.82. The van der Waals surface area contributed by atoms with Gasteiger partial charge < -0.3 is 14.7 Å². The molecule has 2 rings (SSSR count). The number of carboxylic acids is 1. The van der Waals surface area contributed by atoms with Crippen LogP contribution < -0.4 is 0 Å². The van der Waals surface area contributed by atoms with E-state index in [2.05, 4.69) is 0 Å². The van der Waals surface area contributed by atoms with E-state index in [4.69, 9.17) is 21.4 Å². The normalized spacial score (nSPS) is 17.7. The molecule has 1 N–H and O–H groups in total. The monoisotopic (exact) mass is 386 g/mol. The molecule has 1 unspecified atom stereocenters. The Kier molecular flexibility index (Phi) is 8.02. The van der Waals surface area contributed by atoms with Gasteiger partial charge in [0.15, 0.2) is 0 Å². The molecule has 8 heteroatoms. The van der Waals surface area contributed by atoms with Crippen molar-refractivity contribution in [1.82, 2.24) is 9.80 Å². The van der Waals surface area contributed by atoms with Crippen LogP contribution in [0.15, 0.2) is 24.3 Å². The maximum atomic E-state index is 12.4. The van der Waals surface area contributed by atoms with Crippen LogP contribution in [0.2, 0.25) is 5.02 Å². The van der Waals surface area contributed by atoms with Crippen molar-refractivity contribution in [2.24, 2.45) is 0 Å². The van der Waals surface area contributed by atoms with E-state index in [9.17, 15) is 9.59 Å². The first-order valence-electron chi connectivity index (χ1n) is 8.06. The number of aliphatic carboxylic acids is 1. The molecule has 0 saturated carbocycles. The lowest BCUT2D eigenvalue weighted by Gasteiger charge is -2.34. The van der Waals surface area contributed by atoms with Gasteiger partial charge in [-0.1, -0.05) is 23.7 Å². The van der Waals surface area contributed by atoms with E-state index >= 15 is 0 Å². The standard InChI is InChI=1S/C17H23ClN2O4S/c1-19(10-17(22)23)8-15-9-20(6-7-24-15)16(21)12-25-11-13-2-4-14(18)5-3-13/h2-5,15H,6-12H2,1H3,(H,22,23). The summed E-state index contributed by atoms with van der Waals surface area (Å²) in [5, 5.41) is 9.51. The number of hydrogen-bond donors (Lipinski definition) is 1. The number of carbonyl (C=O) groups is 2. The van der Waals surface area contributed by atoms with Gasteiger partial charge in [0, 0.05) is 30.4 Å². The number of carboxylic acid groups (broad SMARTS) is 1. The Hall–Kier alpha value is -1.28. The Morgan fingerprint density at radius 3 is 2.80 bits per heavy atom. The molecule has 1 atom stereocenters. The summed E-state index contributed by atoms with van der Waals surface area (Å²) >= 11 is 7.43. The Balaban J connectivity index is 1.73. The first kappa shape index (κ1) is 20.0. The summed E-state index contributed by atoms with van der Waals surface area (Å²) < 4.78 is 5.65. The molecule has 1 aromatic rings. The molecular formula is C17H23ClN2O4S. The topological polar surface area (TPSA) is 70.1 Å². The van der Waals surface area contributed by atoms with Gasteiger partial charge in [0.25, 0.3) is 0 Å². The molecule has 1 saturated heterocycles. The zero-order valence-electron chi connectivity index (χ0n) is 14.2. The summed E-state index contributed by atoms with van der Waals surface area (Å²) in [5.74, 6) is 0.399. The first-order valence-corrected chi connectivity index (χ1v) is 9.59. The minimum atomic E-state index is -0.871. The number of thioether (sulfide) groups is 1. The summed E-state index contributed by atoms with van der Waals surface area (Å²) in [6.07, 6.45) is -0.150. The largest absolute Gasteiger partial charge is 0.480 e. The number of hydrogen-bond acceptors (Lipinski definition) is 5. The molecule has 1 fully saturated rings. The van der Waals surface area contributed by atoms with Crippen LogP contribution in [0.4, 0.5) is 0 Å². The van der Waals surface area contributed by atoms with Crippen LogP contribution >= 0.6 is 23.4 Å². The zero-order valence-corrected chi connectivity index (χ0v) is 15.8. The zero-order chi connectivity index (χ0) is 18.2. The van der Waals surface area contributed by atoms with Gasteiger partial charge >= 0.3 is 5.97 Å². The van der Waals surface area contributed by atoms with E-state index in [-0.39, 0.29) is 18.6 Å². The maximum Gasteiger partial charge on any atom is 0.317 e. The van der Waals surface area contributed by atoms with Crippen LogP contribution in [0, 0.1) is 0 Å². The smallest absolute Gasteiger partial charge is 0.317 e. The molecule has 1 aliphatic rings. The number of carbonyl (C=O) groups excluding carboxylic acids is 1. The van der Waals surface area contributed by atoms with Crippen LogP contribution in [-0.4, -0.2) is 78.5 Å². The number of benzene rings is 1. The molecule has 0 bridgehead atoms. The van der Waals surface area contributed by atoms with Crippen LogP contribution in [0.25, 0.3) is 0 Å². The number of morpholine rings is 1. The second-order valence-corrected chi connectivity index (χ2v) is 7.46. The Bertz CT molecular complexity index is 585. The Morgan fingerprint density at radius 1 is 1.40 bits per heavy atom. The van der Waals surface area contributed by atoms with E-state index in [1.807, 2.05) is 24.3 Å². The lowest BCUT2D eigenvalue weighted by atomic mass is 10.2. The lowest BCUT2D eigenvalue weighted by molar-refractivity contribution is -0.141. The third kappa shape index (κ3) is 7.23. The molecule has 25 heavy (non-hydrogen) atoms. The molecule has 6 nitrogen and oxygen atoms in total. The fourth-order valence-corrected chi connectivity index (χ4v) is 3.64. The van der Waals surface area contributed by atoms with E-state index in [1.54, 1.807) is 28.6 Å². The van der Waals surface area contributed by atoms with Gasteiger partial charge in [-0.2, -0.15) is 0 Å². The molecule has 1 amide bonds. The van der Waals surface area contributed by atoms with Crippen LogP contribution in [0.5, 0.6) is 0 Å². The lowest BCUT2D eigenvalue weighted by Crippen LogP contribution is -2.50. The molecule has 1 aromatic carbocycles. The first-order chi connectivity index (χ1) is 11.9. The van der Waals surface area contributed by atoms with Gasteiger partial charge in [-0.15, -0.1) is 11.8 Å². The van der Waals surface area contributed by atoms with E-state index < -0.39 is 5.97 Å². The van der Waals surface area contributed by atoms with Crippen molar-refractivity contribution in [1.29, 1.82) is 0 Å². The summed E-state index contributed by atoms with van der Waals surface area (Å²) in [6.45, 7) is 2.03. The highest BCUT2D eigenvalue weighted by Crippen LogP contribution is 2.16. The SMILES string of the molecule is CN(CC(=O)O)CC1CN(C(=O)CSCc2ccc(Cl)cc2)CCO1. The van der Waals surface area contributed by atoms with Gasteiger partial charge in [0.1, 0.15) is 0 Å². The van der Waals surface area contributed by atoms with Gasteiger partial charge in [0.05, 0.1) is 25.0 Å². The number of amides is 1. The highest BCUT2D eigenvalue weighted by atomic mass is 35.5. The third-order valence-corrected chi connectivity index (χ3v) is 5.06. The molecule has 138 valence electrons. The molecule has 0 aliphatic carbocycles. The number of ether oxygens (including phenoxy) is 1. The van der Waals surface area contributed by atoms with E-state index in [1.165, 1.54) is 0 Å². The van der Waals surface area contributed by atoms with Crippen molar-refractivity contribution < 1.29 is 19.4 Å². The number of likely N-dealkylation sites (N-methyl/N-ethyl adjacent to an activating group) is 1. The Morgan fingerprint density at radius 2 is 2.12 bits per heavy atom. The summed E-state index contributed by atoms with van der Waals surface area (Å²) in [5.41, 5.74) is 1.14. The van der Waals surface area contributed by atoms with Crippen molar-refractivity contribution in [2.45, 2.75) is 11.9 Å². The maximum absolute atomic E-state index is 12.4. The highest BCUT2D eigenvalue weighted by molar-refractivity contribution is 7.99.